The number of carbonyl (C=O) groups is 1. The maximum atomic E-state index is 12.6. The third-order valence-electron chi connectivity index (χ3n) is 3.44. The van der Waals surface area contributed by atoms with Crippen LogP contribution in [-0.2, 0) is 12.6 Å². The molecule has 1 amide bonds. The maximum absolute atomic E-state index is 12.6. The largest absolute Gasteiger partial charge is 0.416 e. The van der Waals surface area contributed by atoms with Gasteiger partial charge in [0.05, 0.1) is 11.1 Å². The lowest BCUT2D eigenvalue weighted by atomic mass is 10.1. The first-order valence-electron chi connectivity index (χ1n) is 7.35. The molecule has 0 aliphatic heterocycles. The van der Waals surface area contributed by atoms with Crippen LogP contribution in [0.15, 0.2) is 48.8 Å². The molecule has 0 fully saturated rings. The molecule has 0 aliphatic rings. The van der Waals surface area contributed by atoms with E-state index in [1.54, 1.807) is 18.3 Å². The van der Waals surface area contributed by atoms with Crippen molar-refractivity contribution in [2.24, 2.45) is 0 Å². The standard InChI is InChI=1S/C17H11ClF3N3OS/c18-14-13(2-1-7-22-14)15(25)24-16-23-9-12(26-16)8-10-3-5-11(6-4-10)17(19,20)21/h1-7,9H,8H2,(H,23,24,25). The quantitative estimate of drug-likeness (QED) is 0.626. The fraction of sp³-hybridized carbons (Fsp3) is 0.118. The maximum Gasteiger partial charge on any atom is 0.416 e. The van der Waals surface area contributed by atoms with E-state index >= 15 is 0 Å². The molecule has 1 N–H and O–H groups in total. The van der Waals surface area contributed by atoms with E-state index in [1.807, 2.05) is 0 Å². The molecular formula is C17H11ClF3N3OS. The molecule has 4 nitrogen and oxygen atoms in total. The highest BCUT2D eigenvalue weighted by atomic mass is 35.5. The molecule has 0 saturated heterocycles. The Morgan fingerprint density at radius 2 is 1.88 bits per heavy atom. The van der Waals surface area contributed by atoms with Crippen molar-refractivity contribution in [3.05, 3.63) is 75.5 Å². The minimum atomic E-state index is -4.35. The summed E-state index contributed by atoms with van der Waals surface area (Å²) in [5.41, 5.74) is 0.260. The normalized spacial score (nSPS) is 11.4. The van der Waals surface area contributed by atoms with Gasteiger partial charge >= 0.3 is 6.18 Å². The molecule has 1 aromatic carbocycles. The second-order valence-electron chi connectivity index (χ2n) is 5.30. The summed E-state index contributed by atoms with van der Waals surface area (Å²) in [7, 11) is 0. The number of pyridine rings is 1. The summed E-state index contributed by atoms with van der Waals surface area (Å²) in [5, 5.41) is 3.09. The summed E-state index contributed by atoms with van der Waals surface area (Å²) in [5.74, 6) is -0.432. The van der Waals surface area contributed by atoms with Crippen LogP contribution in [0.2, 0.25) is 5.15 Å². The van der Waals surface area contributed by atoms with Crippen molar-refractivity contribution in [1.29, 1.82) is 0 Å². The lowest BCUT2D eigenvalue weighted by molar-refractivity contribution is -0.137. The number of thiazole rings is 1. The van der Waals surface area contributed by atoms with Crippen LogP contribution in [0.5, 0.6) is 0 Å². The fourth-order valence-electron chi connectivity index (χ4n) is 2.18. The van der Waals surface area contributed by atoms with Gasteiger partial charge in [-0.3, -0.25) is 10.1 Å². The van der Waals surface area contributed by atoms with Crippen LogP contribution in [0, 0.1) is 0 Å². The summed E-state index contributed by atoms with van der Waals surface area (Å²) in [6.07, 6.45) is -0.888. The van der Waals surface area contributed by atoms with Crippen LogP contribution < -0.4 is 5.32 Å². The van der Waals surface area contributed by atoms with E-state index in [1.165, 1.54) is 29.7 Å². The van der Waals surface area contributed by atoms with Crippen LogP contribution in [0.1, 0.15) is 26.4 Å². The number of anilines is 1. The van der Waals surface area contributed by atoms with Gasteiger partial charge < -0.3 is 0 Å². The number of aromatic nitrogens is 2. The van der Waals surface area contributed by atoms with E-state index in [0.717, 1.165) is 22.6 Å². The molecule has 0 radical (unpaired) electrons. The van der Waals surface area contributed by atoms with Gasteiger partial charge in [-0.1, -0.05) is 23.7 Å². The molecule has 3 aromatic rings. The second-order valence-corrected chi connectivity index (χ2v) is 6.77. The summed E-state index contributed by atoms with van der Waals surface area (Å²) < 4.78 is 37.7. The predicted molar refractivity (Wildman–Crippen MR) is 93.6 cm³/mol. The van der Waals surface area contributed by atoms with Crippen LogP contribution in [0.25, 0.3) is 0 Å². The minimum Gasteiger partial charge on any atom is -0.298 e. The zero-order chi connectivity index (χ0) is 18.7. The Hall–Kier alpha value is -2.45. The number of hydrogen-bond acceptors (Lipinski definition) is 4. The molecule has 134 valence electrons. The van der Waals surface area contributed by atoms with E-state index in [4.69, 9.17) is 11.6 Å². The number of amides is 1. The van der Waals surface area contributed by atoms with Crippen molar-refractivity contribution >= 4 is 34.0 Å². The van der Waals surface area contributed by atoms with Crippen molar-refractivity contribution in [1.82, 2.24) is 9.97 Å². The molecule has 9 heteroatoms. The number of carbonyl (C=O) groups excluding carboxylic acids is 1. The molecule has 2 aromatic heterocycles. The summed E-state index contributed by atoms with van der Waals surface area (Å²) >= 11 is 7.11. The Morgan fingerprint density at radius 1 is 1.15 bits per heavy atom. The molecule has 0 saturated carbocycles. The molecule has 2 heterocycles. The van der Waals surface area contributed by atoms with Crippen LogP contribution in [0.3, 0.4) is 0 Å². The fourth-order valence-corrected chi connectivity index (χ4v) is 3.23. The summed E-state index contributed by atoms with van der Waals surface area (Å²) in [6, 6.07) is 8.08. The van der Waals surface area contributed by atoms with Crippen molar-refractivity contribution in [2.45, 2.75) is 12.6 Å². The lowest BCUT2D eigenvalue weighted by Gasteiger charge is -2.06. The van der Waals surface area contributed by atoms with Crippen molar-refractivity contribution in [3.63, 3.8) is 0 Å². The Morgan fingerprint density at radius 3 is 2.54 bits per heavy atom. The van der Waals surface area contributed by atoms with Gasteiger partial charge in [-0.2, -0.15) is 13.2 Å². The van der Waals surface area contributed by atoms with Crippen molar-refractivity contribution in [3.8, 4) is 0 Å². The number of halogens is 4. The average molecular weight is 398 g/mol. The minimum absolute atomic E-state index is 0.0894. The zero-order valence-corrected chi connectivity index (χ0v) is 14.6. The molecule has 0 bridgehead atoms. The first kappa shape index (κ1) is 18.3. The monoisotopic (exact) mass is 397 g/mol. The third kappa shape index (κ3) is 4.39. The molecule has 0 aliphatic carbocycles. The number of benzene rings is 1. The Bertz CT molecular complexity index is 926. The van der Waals surface area contributed by atoms with E-state index in [9.17, 15) is 18.0 Å². The van der Waals surface area contributed by atoms with Gasteiger partial charge in [0.2, 0.25) is 0 Å². The summed E-state index contributed by atoms with van der Waals surface area (Å²) in [6.45, 7) is 0. The van der Waals surface area contributed by atoms with Crippen molar-refractivity contribution in [2.75, 3.05) is 5.32 Å². The number of nitrogens with zero attached hydrogens (tertiary/aromatic N) is 2. The molecule has 0 spiro atoms. The molecule has 26 heavy (non-hydrogen) atoms. The van der Waals surface area contributed by atoms with Crippen LogP contribution in [-0.4, -0.2) is 15.9 Å². The zero-order valence-electron chi connectivity index (χ0n) is 13.0. The van der Waals surface area contributed by atoms with Gasteiger partial charge in [-0.05, 0) is 29.8 Å². The smallest absolute Gasteiger partial charge is 0.298 e. The number of hydrogen-bond donors (Lipinski definition) is 1. The lowest BCUT2D eigenvalue weighted by Crippen LogP contribution is -2.12. The average Bonchev–Trinajstić information content (AvgIpc) is 3.01. The van der Waals surface area contributed by atoms with E-state index in [0.29, 0.717) is 11.6 Å². The van der Waals surface area contributed by atoms with Gasteiger partial charge in [0, 0.05) is 23.7 Å². The van der Waals surface area contributed by atoms with Crippen LogP contribution in [0.4, 0.5) is 18.3 Å². The topological polar surface area (TPSA) is 54.9 Å². The molecular weight excluding hydrogens is 387 g/mol. The van der Waals surface area contributed by atoms with Gasteiger partial charge in [0.1, 0.15) is 5.15 Å². The third-order valence-corrected chi connectivity index (χ3v) is 4.65. The van der Waals surface area contributed by atoms with Crippen molar-refractivity contribution < 1.29 is 18.0 Å². The first-order chi connectivity index (χ1) is 12.3. The van der Waals surface area contributed by atoms with Gasteiger partial charge in [-0.15, -0.1) is 11.3 Å². The number of alkyl halides is 3. The Kier molecular flexibility index (Phi) is 5.24. The van der Waals surface area contributed by atoms with Gasteiger partial charge in [-0.25, -0.2) is 9.97 Å². The first-order valence-corrected chi connectivity index (χ1v) is 8.55. The highest BCUT2D eigenvalue weighted by Gasteiger charge is 2.29. The molecule has 0 atom stereocenters. The van der Waals surface area contributed by atoms with E-state index < -0.39 is 17.6 Å². The Balaban J connectivity index is 1.67. The van der Waals surface area contributed by atoms with E-state index in [-0.39, 0.29) is 10.7 Å². The number of rotatable bonds is 4. The summed E-state index contributed by atoms with van der Waals surface area (Å²) in [4.78, 5) is 20.9. The number of nitrogens with one attached hydrogen (secondary N) is 1. The predicted octanol–water partition coefficient (Wildman–Crippen LogP) is 5.05. The van der Waals surface area contributed by atoms with Gasteiger partial charge in [0.25, 0.3) is 5.91 Å². The van der Waals surface area contributed by atoms with Crippen LogP contribution >= 0.6 is 22.9 Å². The molecule has 0 unspecified atom stereocenters. The highest BCUT2D eigenvalue weighted by molar-refractivity contribution is 7.15. The Labute approximate surface area is 155 Å². The SMILES string of the molecule is O=C(Nc1ncc(Cc2ccc(C(F)(F)F)cc2)s1)c1cccnc1Cl. The molecule has 3 rings (SSSR count). The van der Waals surface area contributed by atoms with Gasteiger partial charge in [0.15, 0.2) is 5.13 Å². The van der Waals surface area contributed by atoms with E-state index in [2.05, 4.69) is 15.3 Å². The highest BCUT2D eigenvalue weighted by Crippen LogP contribution is 2.30. The second kappa shape index (κ2) is 7.43.